The van der Waals surface area contributed by atoms with Gasteiger partial charge in [-0.05, 0) is 37.6 Å². The molecule has 4 nitrogen and oxygen atoms in total. The van der Waals surface area contributed by atoms with Gasteiger partial charge in [0.1, 0.15) is 6.07 Å². The number of imidazole rings is 1. The van der Waals surface area contributed by atoms with E-state index in [9.17, 15) is 5.26 Å². The summed E-state index contributed by atoms with van der Waals surface area (Å²) in [5.74, 6) is 0. The molecule has 3 aromatic rings. The van der Waals surface area contributed by atoms with Crippen molar-refractivity contribution in [1.29, 1.82) is 10.5 Å². The van der Waals surface area contributed by atoms with Crippen LogP contribution >= 0.6 is 11.8 Å². The van der Waals surface area contributed by atoms with Crippen molar-refractivity contribution in [3.05, 3.63) is 41.5 Å². The number of thioether (sulfide) groups is 1. The van der Waals surface area contributed by atoms with Gasteiger partial charge in [0.25, 0.3) is 0 Å². The minimum atomic E-state index is -0.165. The van der Waals surface area contributed by atoms with E-state index < -0.39 is 0 Å². The van der Waals surface area contributed by atoms with Crippen LogP contribution in [0.25, 0.3) is 16.7 Å². The Labute approximate surface area is 126 Å². The zero-order valence-electron chi connectivity index (χ0n) is 11.7. The lowest BCUT2D eigenvalue weighted by atomic mass is 10.2. The van der Waals surface area contributed by atoms with Crippen molar-refractivity contribution in [1.82, 2.24) is 9.38 Å². The molecule has 0 amide bonds. The SMILES string of the molecule is Cc1cc(SC(C)C#N)n2c(nc3ccccc32)c1C#N. The quantitative estimate of drug-likeness (QED) is 0.676. The minimum Gasteiger partial charge on any atom is -0.286 e. The Morgan fingerprint density at radius 2 is 2.05 bits per heavy atom. The zero-order chi connectivity index (χ0) is 15.0. The summed E-state index contributed by atoms with van der Waals surface area (Å²) in [5, 5.41) is 19.2. The summed E-state index contributed by atoms with van der Waals surface area (Å²) in [6, 6.07) is 14.2. The van der Waals surface area contributed by atoms with Gasteiger partial charge >= 0.3 is 0 Å². The second-order valence-electron chi connectivity index (χ2n) is 4.80. The first-order valence-corrected chi connectivity index (χ1v) is 7.41. The number of hydrogen-bond donors (Lipinski definition) is 0. The molecule has 0 saturated heterocycles. The predicted octanol–water partition coefficient (Wildman–Crippen LogP) is 3.67. The van der Waals surface area contributed by atoms with E-state index in [2.05, 4.69) is 17.1 Å². The Balaban J connectivity index is 2.43. The Hall–Kier alpha value is -2.50. The van der Waals surface area contributed by atoms with Gasteiger partial charge in [0, 0.05) is 0 Å². The molecule has 2 aromatic heterocycles. The van der Waals surface area contributed by atoms with Crippen molar-refractivity contribution in [3.63, 3.8) is 0 Å². The molecule has 0 aliphatic heterocycles. The maximum absolute atomic E-state index is 9.40. The third-order valence-corrected chi connectivity index (χ3v) is 4.33. The molecular formula is C16H12N4S. The second kappa shape index (κ2) is 5.12. The number of rotatable bonds is 2. The third kappa shape index (κ3) is 2.12. The van der Waals surface area contributed by atoms with Crippen LogP contribution in [0.3, 0.4) is 0 Å². The van der Waals surface area contributed by atoms with Crippen molar-refractivity contribution in [3.8, 4) is 12.1 Å². The second-order valence-corrected chi connectivity index (χ2v) is 6.16. The van der Waals surface area contributed by atoms with E-state index in [1.165, 1.54) is 11.8 Å². The summed E-state index contributed by atoms with van der Waals surface area (Å²) in [4.78, 5) is 4.58. The Bertz CT molecular complexity index is 927. The molecule has 0 bridgehead atoms. The molecule has 0 aliphatic rings. The molecule has 21 heavy (non-hydrogen) atoms. The van der Waals surface area contributed by atoms with Crippen LogP contribution in [0.2, 0.25) is 0 Å². The lowest BCUT2D eigenvalue weighted by Gasteiger charge is -2.10. The number of nitrogens with zero attached hydrogens (tertiary/aromatic N) is 4. The maximum Gasteiger partial charge on any atom is 0.157 e. The molecule has 0 N–H and O–H groups in total. The van der Waals surface area contributed by atoms with Gasteiger partial charge in [0.15, 0.2) is 5.65 Å². The van der Waals surface area contributed by atoms with E-state index in [1.54, 1.807) is 0 Å². The standard InChI is InChI=1S/C16H12N4S/c1-10-7-15(21-11(2)8-17)20-14-6-4-3-5-13(14)19-16(20)12(10)9-18/h3-7,11H,1-2H3. The highest BCUT2D eigenvalue weighted by molar-refractivity contribution is 8.00. The highest BCUT2D eigenvalue weighted by Gasteiger charge is 2.16. The molecule has 0 aliphatic carbocycles. The summed E-state index contributed by atoms with van der Waals surface area (Å²) in [6.45, 7) is 3.77. The molecule has 2 heterocycles. The number of para-hydroxylation sites is 2. The number of aryl methyl sites for hydroxylation is 1. The lowest BCUT2D eigenvalue weighted by Crippen LogP contribution is -2.00. The van der Waals surface area contributed by atoms with Crippen LogP contribution in [-0.4, -0.2) is 14.6 Å². The summed E-state index contributed by atoms with van der Waals surface area (Å²) < 4.78 is 1.97. The fourth-order valence-corrected chi connectivity index (χ4v) is 3.30. The molecular weight excluding hydrogens is 280 g/mol. The summed E-state index contributed by atoms with van der Waals surface area (Å²) in [6.07, 6.45) is 0. The van der Waals surface area contributed by atoms with E-state index in [0.717, 1.165) is 21.6 Å². The average molecular weight is 292 g/mol. The number of aromatic nitrogens is 2. The molecule has 0 saturated carbocycles. The van der Waals surface area contributed by atoms with Crippen molar-refractivity contribution < 1.29 is 0 Å². The minimum absolute atomic E-state index is 0.165. The molecule has 102 valence electrons. The largest absolute Gasteiger partial charge is 0.286 e. The highest BCUT2D eigenvalue weighted by Crippen LogP contribution is 2.31. The Morgan fingerprint density at radius 3 is 2.76 bits per heavy atom. The van der Waals surface area contributed by atoms with Gasteiger partial charge in [0.2, 0.25) is 0 Å². The maximum atomic E-state index is 9.40. The molecule has 0 radical (unpaired) electrons. The van der Waals surface area contributed by atoms with Crippen LogP contribution in [0.1, 0.15) is 18.1 Å². The van der Waals surface area contributed by atoms with Crippen LogP contribution in [-0.2, 0) is 0 Å². The van der Waals surface area contributed by atoms with Gasteiger partial charge in [-0.1, -0.05) is 23.9 Å². The van der Waals surface area contributed by atoms with Crippen molar-refractivity contribution in [2.24, 2.45) is 0 Å². The number of pyridine rings is 1. The van der Waals surface area contributed by atoms with Gasteiger partial charge < -0.3 is 0 Å². The van der Waals surface area contributed by atoms with Gasteiger partial charge in [-0.2, -0.15) is 10.5 Å². The van der Waals surface area contributed by atoms with Gasteiger partial charge in [-0.25, -0.2) is 4.98 Å². The molecule has 0 spiro atoms. The van der Waals surface area contributed by atoms with Crippen molar-refractivity contribution in [2.75, 3.05) is 0 Å². The first kappa shape index (κ1) is 13.5. The average Bonchev–Trinajstić information content (AvgIpc) is 2.86. The molecule has 0 fully saturated rings. The van der Waals surface area contributed by atoms with Gasteiger partial charge in [0.05, 0.1) is 32.9 Å². The number of hydrogen-bond acceptors (Lipinski definition) is 4. The normalized spacial score (nSPS) is 12.2. The van der Waals surface area contributed by atoms with E-state index in [-0.39, 0.29) is 5.25 Å². The van der Waals surface area contributed by atoms with Gasteiger partial charge in [-0.15, -0.1) is 0 Å². The highest BCUT2D eigenvalue weighted by atomic mass is 32.2. The molecule has 3 rings (SSSR count). The zero-order valence-corrected chi connectivity index (χ0v) is 12.5. The van der Waals surface area contributed by atoms with Crippen molar-refractivity contribution in [2.45, 2.75) is 24.1 Å². The van der Waals surface area contributed by atoms with Crippen LogP contribution < -0.4 is 0 Å². The fourth-order valence-electron chi connectivity index (χ4n) is 2.35. The predicted molar refractivity (Wildman–Crippen MR) is 83.1 cm³/mol. The fraction of sp³-hybridized carbons (Fsp3) is 0.188. The third-order valence-electron chi connectivity index (χ3n) is 3.33. The van der Waals surface area contributed by atoms with E-state index >= 15 is 0 Å². The van der Waals surface area contributed by atoms with Crippen LogP contribution in [0.4, 0.5) is 0 Å². The first-order chi connectivity index (χ1) is 10.2. The summed E-state index contributed by atoms with van der Waals surface area (Å²) in [5.41, 5.74) is 3.93. The molecule has 1 aromatic carbocycles. The number of fused-ring (bicyclic) bond motifs is 3. The number of nitriles is 2. The van der Waals surface area contributed by atoms with Crippen molar-refractivity contribution >= 4 is 28.4 Å². The molecule has 1 unspecified atom stereocenters. The van der Waals surface area contributed by atoms with Crippen LogP contribution in [0.5, 0.6) is 0 Å². The van der Waals surface area contributed by atoms with E-state index in [4.69, 9.17) is 5.26 Å². The summed E-state index contributed by atoms with van der Waals surface area (Å²) in [7, 11) is 0. The summed E-state index contributed by atoms with van der Waals surface area (Å²) >= 11 is 1.48. The topological polar surface area (TPSA) is 64.9 Å². The molecule has 1 atom stereocenters. The van der Waals surface area contributed by atoms with E-state index in [1.807, 2.05) is 48.6 Å². The van der Waals surface area contributed by atoms with E-state index in [0.29, 0.717) is 11.2 Å². The number of benzene rings is 1. The first-order valence-electron chi connectivity index (χ1n) is 6.53. The van der Waals surface area contributed by atoms with Gasteiger partial charge in [-0.3, -0.25) is 4.40 Å². The Morgan fingerprint density at radius 1 is 1.29 bits per heavy atom. The smallest absolute Gasteiger partial charge is 0.157 e. The lowest BCUT2D eigenvalue weighted by molar-refractivity contribution is 1.03. The molecule has 5 heteroatoms. The van der Waals surface area contributed by atoms with Crippen LogP contribution in [0, 0.1) is 29.6 Å². The van der Waals surface area contributed by atoms with Crippen LogP contribution in [0.15, 0.2) is 35.4 Å². The monoisotopic (exact) mass is 292 g/mol. The Kier molecular flexibility index (Phi) is 3.29.